The second kappa shape index (κ2) is 8.16. The van der Waals surface area contributed by atoms with Crippen molar-refractivity contribution in [2.45, 2.75) is 5.16 Å². The molecule has 5 rings (SSSR count). The van der Waals surface area contributed by atoms with Crippen LogP contribution in [0.4, 0.5) is 5.69 Å². The molecule has 1 aliphatic rings. The molecule has 2 aromatic heterocycles. The third-order valence-electron chi connectivity index (χ3n) is 5.31. The number of methoxy groups -OCH3 is 1. The lowest BCUT2D eigenvalue weighted by Crippen LogP contribution is -2.49. The summed E-state index contributed by atoms with van der Waals surface area (Å²) in [7, 11) is 1.67. The Morgan fingerprint density at radius 1 is 1.07 bits per heavy atom. The first-order chi connectivity index (χ1) is 14.7. The highest BCUT2D eigenvalue weighted by atomic mass is 32.2. The van der Waals surface area contributed by atoms with Gasteiger partial charge in [0.2, 0.25) is 10.9 Å². The molecule has 0 atom stereocenters. The van der Waals surface area contributed by atoms with E-state index >= 15 is 0 Å². The van der Waals surface area contributed by atoms with Crippen LogP contribution in [-0.4, -0.2) is 64.4 Å². The lowest BCUT2D eigenvalue weighted by Gasteiger charge is -2.36. The average molecular weight is 440 g/mol. The van der Waals surface area contributed by atoms with E-state index in [-0.39, 0.29) is 5.91 Å². The van der Waals surface area contributed by atoms with Crippen LogP contribution < -0.4 is 9.64 Å². The number of aromatic nitrogens is 3. The van der Waals surface area contributed by atoms with Crippen LogP contribution in [0, 0.1) is 0 Å². The fourth-order valence-corrected chi connectivity index (χ4v) is 5.54. The lowest BCUT2D eigenvalue weighted by molar-refractivity contribution is -0.128. The minimum absolute atomic E-state index is 0.144. The minimum Gasteiger partial charge on any atom is -0.497 e. The first kappa shape index (κ1) is 19.2. The zero-order chi connectivity index (χ0) is 20.5. The largest absolute Gasteiger partial charge is 0.497 e. The number of nitrogens with zero attached hydrogens (tertiary/aromatic N) is 5. The maximum atomic E-state index is 12.8. The van der Waals surface area contributed by atoms with Gasteiger partial charge in [-0.1, -0.05) is 35.2 Å². The zero-order valence-electron chi connectivity index (χ0n) is 16.5. The molecule has 2 aromatic carbocycles. The second-order valence-electron chi connectivity index (χ2n) is 7.02. The van der Waals surface area contributed by atoms with Crippen molar-refractivity contribution in [3.63, 3.8) is 0 Å². The topological polar surface area (TPSA) is 63.0 Å². The smallest absolute Gasteiger partial charge is 0.233 e. The maximum Gasteiger partial charge on any atom is 0.233 e. The number of carbonyl (C=O) groups is 1. The quantitative estimate of drug-likeness (QED) is 0.444. The number of hydrogen-bond acceptors (Lipinski definition) is 7. The van der Waals surface area contributed by atoms with Gasteiger partial charge in [-0.3, -0.25) is 9.20 Å². The molecular weight excluding hydrogens is 418 g/mol. The molecule has 1 amide bonds. The summed E-state index contributed by atoms with van der Waals surface area (Å²) in [6, 6.07) is 16.2. The third kappa shape index (κ3) is 3.59. The Labute approximate surface area is 182 Å². The van der Waals surface area contributed by atoms with E-state index in [4.69, 9.17) is 4.74 Å². The Hall–Kier alpha value is -2.78. The molecule has 4 aromatic rings. The molecular formula is C21H21N5O2S2. The predicted octanol–water partition coefficient (Wildman–Crippen LogP) is 3.39. The lowest BCUT2D eigenvalue weighted by atomic mass is 10.2. The molecule has 9 heteroatoms. The molecule has 0 saturated carbocycles. The SMILES string of the molecule is COc1ccc(N2CCN(C(=O)CSc3nnc4sc5ccccc5n34)CC2)cc1. The summed E-state index contributed by atoms with van der Waals surface area (Å²) in [6.45, 7) is 3.10. The van der Waals surface area contributed by atoms with Crippen molar-refractivity contribution < 1.29 is 9.53 Å². The molecule has 0 bridgehead atoms. The second-order valence-corrected chi connectivity index (χ2v) is 8.98. The minimum atomic E-state index is 0.144. The summed E-state index contributed by atoms with van der Waals surface area (Å²) in [5, 5.41) is 9.33. The normalized spacial score (nSPS) is 14.6. The number of para-hydroxylation sites is 1. The molecule has 0 aliphatic carbocycles. The van der Waals surface area contributed by atoms with Crippen LogP contribution in [0.3, 0.4) is 0 Å². The van der Waals surface area contributed by atoms with Gasteiger partial charge < -0.3 is 14.5 Å². The van der Waals surface area contributed by atoms with Crippen LogP contribution in [0.25, 0.3) is 15.2 Å². The number of piperazine rings is 1. The van der Waals surface area contributed by atoms with Crippen LogP contribution in [-0.2, 0) is 4.79 Å². The fraction of sp³-hybridized carbons (Fsp3) is 0.286. The van der Waals surface area contributed by atoms with Crippen molar-refractivity contribution in [1.29, 1.82) is 0 Å². The van der Waals surface area contributed by atoms with E-state index in [1.54, 1.807) is 18.4 Å². The van der Waals surface area contributed by atoms with E-state index in [0.717, 1.165) is 53.2 Å². The Morgan fingerprint density at radius 3 is 2.60 bits per heavy atom. The number of benzene rings is 2. The van der Waals surface area contributed by atoms with Crippen LogP contribution in [0.1, 0.15) is 0 Å². The highest BCUT2D eigenvalue weighted by Crippen LogP contribution is 2.29. The van der Waals surface area contributed by atoms with Crippen molar-refractivity contribution in [1.82, 2.24) is 19.5 Å². The number of thioether (sulfide) groups is 1. The van der Waals surface area contributed by atoms with E-state index in [0.29, 0.717) is 5.75 Å². The summed E-state index contributed by atoms with van der Waals surface area (Å²) < 4.78 is 8.44. The molecule has 7 nitrogen and oxygen atoms in total. The summed E-state index contributed by atoms with van der Waals surface area (Å²) >= 11 is 3.07. The van der Waals surface area contributed by atoms with Crippen molar-refractivity contribution >= 4 is 49.9 Å². The standard InChI is InChI=1S/C21H21N5O2S2/c1-28-16-8-6-15(7-9-16)24-10-12-25(13-11-24)19(27)14-29-20-22-23-21-26(20)17-4-2-3-5-18(17)30-21/h2-9H,10-14H2,1H3. The van der Waals surface area contributed by atoms with Gasteiger partial charge in [-0.25, -0.2) is 0 Å². The number of rotatable bonds is 5. The monoisotopic (exact) mass is 439 g/mol. The molecule has 0 unspecified atom stereocenters. The Morgan fingerprint density at radius 2 is 1.83 bits per heavy atom. The summed E-state index contributed by atoms with van der Waals surface area (Å²) in [4.78, 5) is 17.9. The Balaban J connectivity index is 1.20. The average Bonchev–Trinajstić information content (AvgIpc) is 3.37. The van der Waals surface area contributed by atoms with Crippen molar-refractivity contribution in [3.8, 4) is 5.75 Å². The van der Waals surface area contributed by atoms with Crippen LogP contribution in [0.15, 0.2) is 53.7 Å². The van der Waals surface area contributed by atoms with Gasteiger partial charge in [0, 0.05) is 31.9 Å². The number of anilines is 1. The van der Waals surface area contributed by atoms with Crippen molar-refractivity contribution in [2.75, 3.05) is 43.9 Å². The molecule has 0 radical (unpaired) electrons. The predicted molar refractivity (Wildman–Crippen MR) is 121 cm³/mol. The number of fused-ring (bicyclic) bond motifs is 3. The highest BCUT2D eigenvalue weighted by Gasteiger charge is 2.22. The van der Waals surface area contributed by atoms with E-state index in [1.807, 2.05) is 33.6 Å². The van der Waals surface area contributed by atoms with Gasteiger partial charge in [0.25, 0.3) is 0 Å². The van der Waals surface area contributed by atoms with Crippen molar-refractivity contribution in [2.24, 2.45) is 0 Å². The number of ether oxygens (including phenoxy) is 1. The highest BCUT2D eigenvalue weighted by molar-refractivity contribution is 7.99. The van der Waals surface area contributed by atoms with Gasteiger partial charge in [0.15, 0.2) is 5.16 Å². The molecule has 1 aliphatic heterocycles. The molecule has 154 valence electrons. The van der Waals surface area contributed by atoms with Gasteiger partial charge in [-0.2, -0.15) is 0 Å². The van der Waals surface area contributed by atoms with Gasteiger partial charge >= 0.3 is 0 Å². The van der Waals surface area contributed by atoms with E-state index < -0.39 is 0 Å². The third-order valence-corrected chi connectivity index (χ3v) is 7.23. The maximum absolute atomic E-state index is 12.8. The van der Waals surface area contributed by atoms with Gasteiger partial charge in [-0.15, -0.1) is 10.2 Å². The van der Waals surface area contributed by atoms with Crippen molar-refractivity contribution in [3.05, 3.63) is 48.5 Å². The van der Waals surface area contributed by atoms with Crippen LogP contribution >= 0.6 is 23.1 Å². The van der Waals surface area contributed by atoms with Crippen LogP contribution in [0.2, 0.25) is 0 Å². The number of carbonyl (C=O) groups excluding carboxylic acids is 1. The number of thiazole rings is 1. The summed E-state index contributed by atoms with van der Waals surface area (Å²) in [5.41, 5.74) is 2.25. The summed E-state index contributed by atoms with van der Waals surface area (Å²) in [5.74, 6) is 1.37. The van der Waals surface area contributed by atoms with E-state index in [9.17, 15) is 4.79 Å². The van der Waals surface area contributed by atoms with Gasteiger partial charge in [-0.05, 0) is 36.4 Å². The number of hydrogen-bond donors (Lipinski definition) is 0. The Kier molecular flexibility index (Phi) is 5.22. The molecule has 3 heterocycles. The molecule has 30 heavy (non-hydrogen) atoms. The Bertz CT molecular complexity index is 1180. The van der Waals surface area contributed by atoms with E-state index in [2.05, 4.69) is 39.4 Å². The fourth-order valence-electron chi connectivity index (χ4n) is 3.67. The molecule has 1 saturated heterocycles. The number of amides is 1. The van der Waals surface area contributed by atoms with E-state index in [1.165, 1.54) is 16.5 Å². The van der Waals surface area contributed by atoms with Gasteiger partial charge in [0.05, 0.1) is 23.1 Å². The first-order valence-electron chi connectivity index (χ1n) is 9.75. The van der Waals surface area contributed by atoms with Crippen LogP contribution in [0.5, 0.6) is 5.75 Å². The summed E-state index contributed by atoms with van der Waals surface area (Å²) in [6.07, 6.45) is 0. The molecule has 1 fully saturated rings. The molecule has 0 N–H and O–H groups in total. The first-order valence-corrected chi connectivity index (χ1v) is 11.6. The molecule has 0 spiro atoms. The van der Waals surface area contributed by atoms with Gasteiger partial charge in [0.1, 0.15) is 5.75 Å². The zero-order valence-corrected chi connectivity index (χ0v) is 18.2.